The van der Waals surface area contributed by atoms with Gasteiger partial charge in [0.25, 0.3) is 0 Å². The lowest BCUT2D eigenvalue weighted by Gasteiger charge is -2.04. The maximum Gasteiger partial charge on any atom is 0.150 e. The summed E-state index contributed by atoms with van der Waals surface area (Å²) in [6.45, 7) is 2.07. The number of hydrogen-bond acceptors (Lipinski definition) is 4. The van der Waals surface area contributed by atoms with E-state index in [2.05, 4.69) is 28.3 Å². The molecule has 3 aromatic rings. The number of aryl methyl sites for hydroxylation is 1. The molecule has 0 saturated carbocycles. The predicted molar refractivity (Wildman–Crippen MR) is 72.0 cm³/mol. The van der Waals surface area contributed by atoms with E-state index in [1.165, 1.54) is 4.88 Å². The van der Waals surface area contributed by atoms with Gasteiger partial charge in [0.15, 0.2) is 5.82 Å². The van der Waals surface area contributed by atoms with E-state index in [0.29, 0.717) is 5.82 Å². The molecular formula is C13H11N3S. The maximum absolute atomic E-state index is 5.96. The monoisotopic (exact) mass is 241 g/mol. The zero-order valence-electron chi connectivity index (χ0n) is 9.34. The molecule has 0 atom stereocenters. The molecule has 0 spiro atoms. The Morgan fingerprint density at radius 3 is 2.47 bits per heavy atom. The van der Waals surface area contributed by atoms with E-state index in [9.17, 15) is 0 Å². The van der Waals surface area contributed by atoms with Crippen LogP contribution in [-0.4, -0.2) is 9.97 Å². The quantitative estimate of drug-likeness (QED) is 0.711. The summed E-state index contributed by atoms with van der Waals surface area (Å²) >= 11 is 1.69. The molecule has 0 aliphatic carbocycles. The molecule has 0 aliphatic heterocycles. The Labute approximate surface area is 103 Å². The van der Waals surface area contributed by atoms with Gasteiger partial charge in [0, 0.05) is 15.8 Å². The predicted octanol–water partition coefficient (Wildman–Crippen LogP) is 3.25. The molecule has 0 bridgehead atoms. The second kappa shape index (κ2) is 3.82. The van der Waals surface area contributed by atoms with E-state index in [1.807, 2.05) is 24.3 Å². The van der Waals surface area contributed by atoms with Crippen molar-refractivity contribution in [2.75, 3.05) is 5.73 Å². The number of nitrogens with two attached hydrogens (primary N) is 1. The van der Waals surface area contributed by atoms with Gasteiger partial charge < -0.3 is 5.73 Å². The first kappa shape index (κ1) is 10.2. The minimum atomic E-state index is 0.488. The van der Waals surface area contributed by atoms with Crippen LogP contribution in [0.5, 0.6) is 0 Å². The molecule has 0 saturated heterocycles. The van der Waals surface area contributed by atoms with Crippen LogP contribution in [0.25, 0.3) is 22.3 Å². The molecule has 2 aromatic heterocycles. The van der Waals surface area contributed by atoms with Gasteiger partial charge in [-0.05, 0) is 25.1 Å². The van der Waals surface area contributed by atoms with Gasteiger partial charge in [0.2, 0.25) is 0 Å². The van der Waals surface area contributed by atoms with Crippen LogP contribution in [0.15, 0.2) is 35.7 Å². The Morgan fingerprint density at radius 1 is 1.12 bits per heavy atom. The Balaban J connectivity index is 2.26. The minimum absolute atomic E-state index is 0.488. The Kier molecular flexibility index (Phi) is 2.30. The van der Waals surface area contributed by atoms with Crippen LogP contribution in [0.3, 0.4) is 0 Å². The van der Waals surface area contributed by atoms with E-state index in [4.69, 9.17) is 5.73 Å². The number of hydrogen-bond donors (Lipinski definition) is 1. The highest BCUT2D eigenvalue weighted by molar-refractivity contribution is 7.10. The fourth-order valence-corrected chi connectivity index (χ4v) is 2.48. The van der Waals surface area contributed by atoms with Crippen LogP contribution in [0.4, 0.5) is 5.82 Å². The van der Waals surface area contributed by atoms with Gasteiger partial charge in [-0.1, -0.05) is 12.1 Å². The fourth-order valence-electron chi connectivity index (χ4n) is 1.79. The lowest BCUT2D eigenvalue weighted by Crippen LogP contribution is -1.97. The average Bonchev–Trinajstić information content (AvgIpc) is 2.75. The Morgan fingerprint density at radius 2 is 1.82 bits per heavy atom. The molecule has 0 fully saturated rings. The summed E-state index contributed by atoms with van der Waals surface area (Å²) in [6, 6.07) is 9.84. The number of aromatic nitrogens is 2. The van der Waals surface area contributed by atoms with Gasteiger partial charge in [0.1, 0.15) is 5.69 Å². The molecule has 2 heterocycles. The summed E-state index contributed by atoms with van der Waals surface area (Å²) in [5, 5.41) is 2.06. The number of anilines is 1. The number of thiophene rings is 1. The molecule has 1 aromatic carbocycles. The van der Waals surface area contributed by atoms with Gasteiger partial charge in [-0.3, -0.25) is 0 Å². The summed E-state index contributed by atoms with van der Waals surface area (Å²) in [4.78, 5) is 10.2. The highest BCUT2D eigenvalue weighted by Crippen LogP contribution is 2.28. The Bertz CT molecular complexity index is 688. The molecular weight excluding hydrogens is 230 g/mol. The third-order valence-corrected chi connectivity index (χ3v) is 3.46. The summed E-state index contributed by atoms with van der Waals surface area (Å²) in [7, 11) is 0. The van der Waals surface area contributed by atoms with Crippen molar-refractivity contribution < 1.29 is 0 Å². The van der Waals surface area contributed by atoms with Crippen molar-refractivity contribution in [3.05, 3.63) is 40.6 Å². The van der Waals surface area contributed by atoms with Crippen LogP contribution in [0.2, 0.25) is 0 Å². The number of rotatable bonds is 1. The molecule has 0 aliphatic rings. The third-order valence-electron chi connectivity index (χ3n) is 2.60. The number of benzene rings is 1. The normalized spacial score (nSPS) is 10.9. The lowest BCUT2D eigenvalue weighted by molar-refractivity contribution is 1.30. The van der Waals surface area contributed by atoms with Crippen molar-refractivity contribution in [2.24, 2.45) is 0 Å². The number of para-hydroxylation sites is 2. The molecule has 84 valence electrons. The van der Waals surface area contributed by atoms with E-state index in [0.717, 1.165) is 22.3 Å². The second-order valence-electron chi connectivity index (χ2n) is 3.89. The van der Waals surface area contributed by atoms with Crippen LogP contribution >= 0.6 is 11.3 Å². The van der Waals surface area contributed by atoms with E-state index < -0.39 is 0 Å². The van der Waals surface area contributed by atoms with Crippen molar-refractivity contribution in [3.63, 3.8) is 0 Å². The summed E-state index contributed by atoms with van der Waals surface area (Å²) in [5.41, 5.74) is 9.48. The fraction of sp³-hybridized carbons (Fsp3) is 0.0769. The average molecular weight is 241 g/mol. The summed E-state index contributed by atoms with van der Waals surface area (Å²) in [5.74, 6) is 0.488. The first-order valence-corrected chi connectivity index (χ1v) is 6.20. The van der Waals surface area contributed by atoms with Gasteiger partial charge in [-0.15, -0.1) is 11.3 Å². The second-order valence-corrected chi connectivity index (χ2v) is 5.01. The Hall–Kier alpha value is -1.94. The molecule has 2 N–H and O–H groups in total. The van der Waals surface area contributed by atoms with Crippen LogP contribution in [0, 0.1) is 6.92 Å². The SMILES string of the molecule is Cc1cc(-c2nc3ccccc3nc2N)cs1. The van der Waals surface area contributed by atoms with Crippen molar-refractivity contribution in [2.45, 2.75) is 6.92 Å². The zero-order chi connectivity index (χ0) is 11.8. The molecule has 0 radical (unpaired) electrons. The number of nitrogens with zero attached hydrogens (tertiary/aromatic N) is 2. The number of fused-ring (bicyclic) bond motifs is 1. The maximum atomic E-state index is 5.96. The van der Waals surface area contributed by atoms with E-state index >= 15 is 0 Å². The van der Waals surface area contributed by atoms with Gasteiger partial charge >= 0.3 is 0 Å². The topological polar surface area (TPSA) is 51.8 Å². The highest BCUT2D eigenvalue weighted by Gasteiger charge is 2.09. The standard InChI is InChI=1S/C13H11N3S/c1-8-6-9(7-17-8)12-13(14)16-11-5-3-2-4-10(11)15-12/h2-7H,1H3,(H2,14,16). The largest absolute Gasteiger partial charge is 0.382 e. The highest BCUT2D eigenvalue weighted by atomic mass is 32.1. The lowest BCUT2D eigenvalue weighted by atomic mass is 10.2. The first-order valence-electron chi connectivity index (χ1n) is 5.32. The van der Waals surface area contributed by atoms with Crippen LogP contribution < -0.4 is 5.73 Å². The van der Waals surface area contributed by atoms with Crippen molar-refractivity contribution in [1.82, 2.24) is 9.97 Å². The van der Waals surface area contributed by atoms with Crippen LogP contribution in [0.1, 0.15) is 4.88 Å². The van der Waals surface area contributed by atoms with Gasteiger partial charge in [-0.25, -0.2) is 9.97 Å². The van der Waals surface area contributed by atoms with Gasteiger partial charge in [-0.2, -0.15) is 0 Å². The number of nitrogen functional groups attached to an aromatic ring is 1. The van der Waals surface area contributed by atoms with Crippen LogP contribution in [-0.2, 0) is 0 Å². The van der Waals surface area contributed by atoms with Crippen molar-refractivity contribution in [3.8, 4) is 11.3 Å². The molecule has 3 nitrogen and oxygen atoms in total. The molecule has 0 unspecified atom stereocenters. The van der Waals surface area contributed by atoms with E-state index in [1.54, 1.807) is 11.3 Å². The smallest absolute Gasteiger partial charge is 0.150 e. The minimum Gasteiger partial charge on any atom is -0.382 e. The summed E-state index contributed by atoms with van der Waals surface area (Å²) in [6.07, 6.45) is 0. The van der Waals surface area contributed by atoms with Crippen molar-refractivity contribution in [1.29, 1.82) is 0 Å². The third kappa shape index (κ3) is 1.76. The molecule has 4 heteroatoms. The molecule has 17 heavy (non-hydrogen) atoms. The van der Waals surface area contributed by atoms with Crippen molar-refractivity contribution >= 4 is 28.2 Å². The van der Waals surface area contributed by atoms with Gasteiger partial charge in [0.05, 0.1) is 11.0 Å². The summed E-state index contributed by atoms with van der Waals surface area (Å²) < 4.78 is 0. The first-order chi connectivity index (χ1) is 8.24. The zero-order valence-corrected chi connectivity index (χ0v) is 10.2. The van der Waals surface area contributed by atoms with E-state index in [-0.39, 0.29) is 0 Å². The molecule has 3 rings (SSSR count). The molecule has 0 amide bonds.